The van der Waals surface area contributed by atoms with Crippen molar-refractivity contribution in [1.82, 2.24) is 25.0 Å². The Bertz CT molecular complexity index is 598. The number of aliphatic hydroxyl groups is 1. The second-order valence-electron chi connectivity index (χ2n) is 7.68. The molecule has 7 heteroatoms. The van der Waals surface area contributed by atoms with E-state index in [1.165, 1.54) is 12.8 Å². The lowest BCUT2D eigenvalue weighted by Crippen LogP contribution is -2.48. The van der Waals surface area contributed by atoms with Crippen LogP contribution in [0.15, 0.2) is 0 Å². The van der Waals surface area contributed by atoms with Crippen LogP contribution in [-0.2, 0) is 11.2 Å². The highest BCUT2D eigenvalue weighted by Crippen LogP contribution is 2.39. The molecular weight excluding hydrogens is 306 g/mol. The zero-order valence-corrected chi connectivity index (χ0v) is 14.3. The van der Waals surface area contributed by atoms with Gasteiger partial charge in [0.2, 0.25) is 5.91 Å². The van der Waals surface area contributed by atoms with Crippen LogP contribution in [0.25, 0.3) is 0 Å². The molecule has 24 heavy (non-hydrogen) atoms. The van der Waals surface area contributed by atoms with E-state index in [0.29, 0.717) is 23.7 Å². The number of aryl methyl sites for hydroxylation is 1. The van der Waals surface area contributed by atoms with Gasteiger partial charge in [0.1, 0.15) is 5.82 Å². The molecular formula is C17H27N5O2. The van der Waals surface area contributed by atoms with Gasteiger partial charge in [-0.15, -0.1) is 0 Å². The number of nitrogens with one attached hydrogen (secondary N) is 1. The van der Waals surface area contributed by atoms with Gasteiger partial charge in [0.05, 0.1) is 12.5 Å². The van der Waals surface area contributed by atoms with Crippen molar-refractivity contribution in [3.8, 4) is 0 Å². The molecule has 0 radical (unpaired) electrons. The Hall–Kier alpha value is -1.47. The van der Waals surface area contributed by atoms with Gasteiger partial charge in [0.25, 0.3) is 0 Å². The molecule has 1 aromatic heterocycles. The van der Waals surface area contributed by atoms with Gasteiger partial charge in [0, 0.05) is 19.1 Å². The largest absolute Gasteiger partial charge is 0.391 e. The molecule has 2 N–H and O–H groups in total. The maximum absolute atomic E-state index is 12.5. The molecule has 0 spiro atoms. The van der Waals surface area contributed by atoms with E-state index in [9.17, 15) is 9.90 Å². The first kappa shape index (κ1) is 16.0. The first-order valence-electron chi connectivity index (χ1n) is 9.18. The third-order valence-electron chi connectivity index (χ3n) is 6.02. The van der Waals surface area contributed by atoms with Gasteiger partial charge in [-0.25, -0.2) is 4.98 Å². The Morgan fingerprint density at radius 1 is 1.25 bits per heavy atom. The number of carbonyl (C=O) groups excluding carboxylic acids is 1. The molecule has 3 heterocycles. The van der Waals surface area contributed by atoms with Crippen LogP contribution >= 0.6 is 0 Å². The van der Waals surface area contributed by atoms with E-state index in [-0.39, 0.29) is 18.4 Å². The monoisotopic (exact) mass is 333 g/mol. The van der Waals surface area contributed by atoms with Crippen molar-refractivity contribution in [3.63, 3.8) is 0 Å². The Morgan fingerprint density at radius 3 is 2.62 bits per heavy atom. The van der Waals surface area contributed by atoms with Gasteiger partial charge in [0.15, 0.2) is 5.82 Å². The summed E-state index contributed by atoms with van der Waals surface area (Å²) in [6.45, 7) is 5.67. The molecule has 1 aliphatic carbocycles. The summed E-state index contributed by atoms with van der Waals surface area (Å²) >= 11 is 0. The standard InChI is InChI=1S/C17H27N5O2/c1-11-18-16(20-19-11)8-17(24)22-9-12-6-14(21-4-2-3-5-21)15(23)7-13(12)10-22/h12-15,23H,2-10H2,1H3,(H,18,19,20)/t12-,13+,14-,15-/m1/s1. The molecule has 4 atom stereocenters. The van der Waals surface area contributed by atoms with Crippen molar-refractivity contribution < 1.29 is 9.90 Å². The molecule has 0 aromatic carbocycles. The minimum Gasteiger partial charge on any atom is -0.391 e. The summed E-state index contributed by atoms with van der Waals surface area (Å²) in [5, 5.41) is 17.4. The average Bonchev–Trinajstić information content (AvgIpc) is 3.26. The van der Waals surface area contributed by atoms with E-state index < -0.39 is 0 Å². The van der Waals surface area contributed by atoms with Crippen LogP contribution in [-0.4, -0.2) is 74.3 Å². The third kappa shape index (κ3) is 3.07. The van der Waals surface area contributed by atoms with Gasteiger partial charge in [-0.2, -0.15) is 5.10 Å². The normalized spacial score (nSPS) is 33.8. The van der Waals surface area contributed by atoms with Crippen molar-refractivity contribution in [2.75, 3.05) is 26.2 Å². The minimum absolute atomic E-state index is 0.107. The van der Waals surface area contributed by atoms with Crippen LogP contribution in [0.2, 0.25) is 0 Å². The van der Waals surface area contributed by atoms with Gasteiger partial charge in [-0.3, -0.25) is 14.8 Å². The SMILES string of the molecule is Cc1nc(CC(=O)N2C[C@H]3C[C@@H](N4CCCC4)[C@H](O)C[C@H]3C2)n[nH]1. The summed E-state index contributed by atoms with van der Waals surface area (Å²) in [6.07, 6.45) is 4.37. The highest BCUT2D eigenvalue weighted by atomic mass is 16.3. The van der Waals surface area contributed by atoms with Gasteiger partial charge in [-0.1, -0.05) is 0 Å². The van der Waals surface area contributed by atoms with Crippen molar-refractivity contribution in [2.24, 2.45) is 11.8 Å². The van der Waals surface area contributed by atoms with Gasteiger partial charge in [-0.05, 0) is 57.5 Å². The van der Waals surface area contributed by atoms with Crippen LogP contribution in [0.1, 0.15) is 37.3 Å². The smallest absolute Gasteiger partial charge is 0.230 e. The van der Waals surface area contributed by atoms with Crippen molar-refractivity contribution >= 4 is 5.91 Å². The summed E-state index contributed by atoms with van der Waals surface area (Å²) in [4.78, 5) is 21.2. The molecule has 3 fully saturated rings. The summed E-state index contributed by atoms with van der Waals surface area (Å²) < 4.78 is 0. The van der Waals surface area contributed by atoms with Crippen LogP contribution < -0.4 is 0 Å². The number of amides is 1. The van der Waals surface area contributed by atoms with Crippen LogP contribution in [0.5, 0.6) is 0 Å². The Balaban J connectivity index is 1.37. The van der Waals surface area contributed by atoms with Crippen LogP contribution in [0.4, 0.5) is 0 Å². The second kappa shape index (κ2) is 6.44. The maximum atomic E-state index is 12.5. The molecule has 1 saturated carbocycles. The first-order valence-corrected chi connectivity index (χ1v) is 9.18. The molecule has 1 aromatic rings. The molecule has 0 unspecified atom stereocenters. The molecule has 4 rings (SSSR count). The number of hydrogen-bond donors (Lipinski definition) is 2. The number of rotatable bonds is 3. The second-order valence-corrected chi connectivity index (χ2v) is 7.68. The Kier molecular flexibility index (Phi) is 4.30. The first-order chi connectivity index (χ1) is 11.6. The lowest BCUT2D eigenvalue weighted by atomic mass is 9.77. The summed E-state index contributed by atoms with van der Waals surface area (Å²) in [7, 11) is 0. The fourth-order valence-electron chi connectivity index (χ4n) is 4.79. The number of nitrogens with zero attached hydrogens (tertiary/aromatic N) is 4. The summed E-state index contributed by atoms with van der Waals surface area (Å²) in [6, 6.07) is 0.291. The fourth-order valence-corrected chi connectivity index (χ4v) is 4.79. The molecule has 132 valence electrons. The van der Waals surface area contributed by atoms with Crippen LogP contribution in [0, 0.1) is 18.8 Å². The number of hydrogen-bond acceptors (Lipinski definition) is 5. The van der Waals surface area contributed by atoms with E-state index in [2.05, 4.69) is 20.1 Å². The molecule has 1 amide bonds. The quantitative estimate of drug-likeness (QED) is 0.834. The summed E-state index contributed by atoms with van der Waals surface area (Å²) in [5.41, 5.74) is 0. The van der Waals surface area contributed by atoms with E-state index in [4.69, 9.17) is 0 Å². The zero-order chi connectivity index (χ0) is 16.7. The van der Waals surface area contributed by atoms with Gasteiger partial charge < -0.3 is 10.0 Å². The van der Waals surface area contributed by atoms with E-state index in [1.807, 2.05) is 11.8 Å². The lowest BCUT2D eigenvalue weighted by molar-refractivity contribution is -0.129. The molecule has 2 saturated heterocycles. The van der Waals surface area contributed by atoms with Crippen molar-refractivity contribution in [3.05, 3.63) is 11.6 Å². The van der Waals surface area contributed by atoms with E-state index in [1.54, 1.807) is 0 Å². The fraction of sp³-hybridized carbons (Fsp3) is 0.824. The highest BCUT2D eigenvalue weighted by Gasteiger charge is 2.44. The topological polar surface area (TPSA) is 85.3 Å². The predicted octanol–water partition coefficient (Wildman–Crippen LogP) is 0.349. The number of aliphatic hydroxyl groups excluding tert-OH is 1. The van der Waals surface area contributed by atoms with Crippen molar-refractivity contribution in [2.45, 2.75) is 51.2 Å². The molecule has 3 aliphatic rings. The number of fused-ring (bicyclic) bond motifs is 1. The average molecular weight is 333 g/mol. The Morgan fingerprint density at radius 2 is 1.96 bits per heavy atom. The number of aromatic nitrogens is 3. The highest BCUT2D eigenvalue weighted by molar-refractivity contribution is 5.78. The number of carbonyl (C=O) groups is 1. The number of H-pyrrole nitrogens is 1. The molecule has 7 nitrogen and oxygen atoms in total. The van der Waals surface area contributed by atoms with Crippen LogP contribution in [0.3, 0.4) is 0 Å². The predicted molar refractivity (Wildman–Crippen MR) is 88.2 cm³/mol. The number of likely N-dealkylation sites (tertiary alicyclic amines) is 2. The minimum atomic E-state index is -0.241. The van der Waals surface area contributed by atoms with E-state index in [0.717, 1.165) is 44.8 Å². The molecule has 2 aliphatic heterocycles. The lowest BCUT2D eigenvalue weighted by Gasteiger charge is -2.40. The molecule has 0 bridgehead atoms. The number of aromatic amines is 1. The van der Waals surface area contributed by atoms with Crippen molar-refractivity contribution in [1.29, 1.82) is 0 Å². The third-order valence-corrected chi connectivity index (χ3v) is 6.02. The summed E-state index contributed by atoms with van der Waals surface area (Å²) in [5.74, 6) is 2.39. The zero-order valence-electron chi connectivity index (χ0n) is 14.3. The Labute approximate surface area is 142 Å². The van der Waals surface area contributed by atoms with E-state index >= 15 is 0 Å². The van der Waals surface area contributed by atoms with Gasteiger partial charge >= 0.3 is 0 Å². The maximum Gasteiger partial charge on any atom is 0.230 e.